The minimum absolute atomic E-state index is 0.0141. The van der Waals surface area contributed by atoms with Gasteiger partial charge in [0.25, 0.3) is 0 Å². The van der Waals surface area contributed by atoms with Gasteiger partial charge >= 0.3 is 0 Å². The summed E-state index contributed by atoms with van der Waals surface area (Å²) in [6.07, 6.45) is 2.15. The third-order valence-electron chi connectivity index (χ3n) is 7.75. The molecule has 2 aliphatic heterocycles. The van der Waals surface area contributed by atoms with Crippen LogP contribution in [0.4, 0.5) is 0 Å². The van der Waals surface area contributed by atoms with Gasteiger partial charge in [0.2, 0.25) is 5.91 Å². The number of hydrogen-bond donors (Lipinski definition) is 3. The Bertz CT molecular complexity index is 1230. The van der Waals surface area contributed by atoms with E-state index in [9.17, 15) is 15.0 Å². The van der Waals surface area contributed by atoms with Crippen molar-refractivity contribution >= 4 is 5.91 Å². The van der Waals surface area contributed by atoms with Gasteiger partial charge in [-0.05, 0) is 53.3 Å². The lowest BCUT2D eigenvalue weighted by Crippen LogP contribution is -2.42. The van der Waals surface area contributed by atoms with Crippen LogP contribution in [0.3, 0.4) is 0 Å². The highest BCUT2D eigenvalue weighted by Crippen LogP contribution is 2.39. The fourth-order valence-electron chi connectivity index (χ4n) is 5.56. The molecule has 3 aromatic carbocycles. The lowest BCUT2D eigenvalue weighted by molar-refractivity contribution is -0.253. The molecular formula is C32H38N2O5. The molecule has 0 unspecified atom stereocenters. The summed E-state index contributed by atoms with van der Waals surface area (Å²) >= 11 is 0. The standard InChI is InChI=1S/C32H38N2O5/c1-22(37)33-18-24-4-2-5-28(16-24)25-11-13-27(14-12-25)32-38-30(19-34-15-3-6-29(34)21-36)17-31(39-32)26-9-7-23(20-35)8-10-26/h2,4-5,7-14,16,29-32,35-36H,3,6,15,17-21H2,1H3,(H,33,37)/t29-,30-,31+,32+/m0/s1. The average molecular weight is 531 g/mol. The first-order valence-corrected chi connectivity index (χ1v) is 13.8. The van der Waals surface area contributed by atoms with E-state index in [4.69, 9.17) is 9.47 Å². The van der Waals surface area contributed by atoms with Crippen molar-refractivity contribution in [2.75, 3.05) is 19.7 Å². The van der Waals surface area contributed by atoms with Crippen molar-refractivity contribution in [3.05, 3.63) is 95.1 Å². The minimum atomic E-state index is -0.512. The number of aliphatic hydroxyl groups excluding tert-OH is 2. The monoisotopic (exact) mass is 530 g/mol. The van der Waals surface area contributed by atoms with E-state index in [0.717, 1.165) is 65.7 Å². The predicted octanol–water partition coefficient (Wildman–Crippen LogP) is 4.48. The number of nitrogens with one attached hydrogen (secondary N) is 1. The summed E-state index contributed by atoms with van der Waals surface area (Å²) in [5, 5.41) is 22.1. The zero-order chi connectivity index (χ0) is 27.2. The van der Waals surface area contributed by atoms with Crippen LogP contribution < -0.4 is 5.32 Å². The number of aliphatic hydroxyl groups is 2. The van der Waals surface area contributed by atoms with Crippen molar-refractivity contribution in [2.45, 2.75) is 63.9 Å². The Morgan fingerprint density at radius 3 is 2.44 bits per heavy atom. The van der Waals surface area contributed by atoms with Crippen molar-refractivity contribution in [3.8, 4) is 11.1 Å². The molecule has 0 saturated carbocycles. The molecule has 2 saturated heterocycles. The summed E-state index contributed by atoms with van der Waals surface area (Å²) in [6.45, 7) is 3.94. The number of nitrogens with zero attached hydrogens (tertiary/aromatic N) is 1. The summed E-state index contributed by atoms with van der Waals surface area (Å²) in [7, 11) is 0. The molecule has 39 heavy (non-hydrogen) atoms. The quantitative estimate of drug-likeness (QED) is 0.378. The molecule has 2 heterocycles. The van der Waals surface area contributed by atoms with Crippen molar-refractivity contribution < 1.29 is 24.5 Å². The smallest absolute Gasteiger partial charge is 0.217 e. The van der Waals surface area contributed by atoms with Gasteiger partial charge < -0.3 is 25.0 Å². The molecule has 0 bridgehead atoms. The van der Waals surface area contributed by atoms with Crippen LogP contribution in [0.2, 0.25) is 0 Å². The normalized spacial score (nSPS) is 23.6. The summed E-state index contributed by atoms with van der Waals surface area (Å²) in [4.78, 5) is 13.6. The van der Waals surface area contributed by atoms with Crippen molar-refractivity contribution in [1.29, 1.82) is 0 Å². The van der Waals surface area contributed by atoms with Gasteiger partial charge in [0, 0.05) is 38.0 Å². The number of carbonyl (C=O) groups excluding carboxylic acids is 1. The third-order valence-corrected chi connectivity index (χ3v) is 7.75. The van der Waals surface area contributed by atoms with Gasteiger partial charge in [-0.1, -0.05) is 66.7 Å². The van der Waals surface area contributed by atoms with Crippen LogP contribution in [0.5, 0.6) is 0 Å². The maximum atomic E-state index is 11.3. The van der Waals surface area contributed by atoms with E-state index in [-0.39, 0.29) is 37.4 Å². The molecule has 0 radical (unpaired) electrons. The minimum Gasteiger partial charge on any atom is -0.395 e. The van der Waals surface area contributed by atoms with E-state index < -0.39 is 6.29 Å². The molecular weight excluding hydrogens is 492 g/mol. The molecule has 2 aliphatic rings. The molecule has 5 rings (SSSR count). The lowest BCUT2D eigenvalue weighted by Gasteiger charge is -2.38. The van der Waals surface area contributed by atoms with Gasteiger partial charge in [-0.2, -0.15) is 0 Å². The van der Waals surface area contributed by atoms with Gasteiger partial charge in [0.05, 0.1) is 25.4 Å². The van der Waals surface area contributed by atoms with Gasteiger partial charge in [-0.3, -0.25) is 9.69 Å². The van der Waals surface area contributed by atoms with Crippen LogP contribution in [-0.4, -0.2) is 52.9 Å². The summed E-state index contributed by atoms with van der Waals surface area (Å²) in [5.74, 6) is -0.0465. The highest BCUT2D eigenvalue weighted by Gasteiger charge is 2.35. The van der Waals surface area contributed by atoms with E-state index in [1.807, 2.05) is 36.4 Å². The van der Waals surface area contributed by atoms with Crippen LogP contribution in [0.25, 0.3) is 11.1 Å². The zero-order valence-electron chi connectivity index (χ0n) is 22.5. The highest BCUT2D eigenvalue weighted by molar-refractivity contribution is 5.73. The molecule has 1 amide bonds. The molecule has 0 aromatic heterocycles. The van der Waals surface area contributed by atoms with E-state index >= 15 is 0 Å². The Morgan fingerprint density at radius 1 is 0.949 bits per heavy atom. The lowest BCUT2D eigenvalue weighted by atomic mass is 9.99. The zero-order valence-corrected chi connectivity index (χ0v) is 22.5. The number of ether oxygens (including phenoxy) is 2. The first kappa shape index (κ1) is 27.5. The fourth-order valence-corrected chi connectivity index (χ4v) is 5.56. The molecule has 7 nitrogen and oxygen atoms in total. The maximum Gasteiger partial charge on any atom is 0.217 e. The van der Waals surface area contributed by atoms with E-state index in [2.05, 4.69) is 46.6 Å². The number of amides is 1. The molecule has 0 spiro atoms. The van der Waals surface area contributed by atoms with Gasteiger partial charge in [-0.25, -0.2) is 0 Å². The highest BCUT2D eigenvalue weighted by atomic mass is 16.7. The Labute approximate surface area is 230 Å². The van der Waals surface area contributed by atoms with E-state index in [1.165, 1.54) is 6.92 Å². The summed E-state index contributed by atoms with van der Waals surface area (Å²) < 4.78 is 13.0. The number of hydrogen-bond acceptors (Lipinski definition) is 6. The van der Waals surface area contributed by atoms with Gasteiger partial charge in [0.15, 0.2) is 6.29 Å². The average Bonchev–Trinajstić information content (AvgIpc) is 3.43. The van der Waals surface area contributed by atoms with Crippen molar-refractivity contribution in [2.24, 2.45) is 0 Å². The molecule has 3 aromatic rings. The fraction of sp³-hybridized carbons (Fsp3) is 0.406. The number of rotatable bonds is 9. The maximum absolute atomic E-state index is 11.3. The Balaban J connectivity index is 1.34. The van der Waals surface area contributed by atoms with E-state index in [1.54, 1.807) is 0 Å². The van der Waals surface area contributed by atoms with Crippen LogP contribution >= 0.6 is 0 Å². The largest absolute Gasteiger partial charge is 0.395 e. The third kappa shape index (κ3) is 6.93. The SMILES string of the molecule is CC(=O)NCc1cccc(-c2ccc([C@@H]3O[C@H](CN4CCC[C@H]4CO)C[C@H](c4ccc(CO)cc4)O3)cc2)c1. The van der Waals surface area contributed by atoms with Crippen molar-refractivity contribution in [3.63, 3.8) is 0 Å². The van der Waals surface area contributed by atoms with Crippen LogP contribution in [-0.2, 0) is 27.4 Å². The number of carbonyl (C=O) groups is 1. The summed E-state index contributed by atoms with van der Waals surface area (Å²) in [6, 6.07) is 24.6. The Morgan fingerprint density at radius 2 is 1.72 bits per heavy atom. The second kappa shape index (κ2) is 12.9. The van der Waals surface area contributed by atoms with Crippen LogP contribution in [0.15, 0.2) is 72.8 Å². The molecule has 7 heteroatoms. The number of likely N-dealkylation sites (tertiary alicyclic amines) is 1. The Hall–Kier alpha value is -3.07. The molecule has 0 aliphatic carbocycles. The van der Waals surface area contributed by atoms with Gasteiger partial charge in [0.1, 0.15) is 0 Å². The molecule has 4 atom stereocenters. The Kier molecular flexibility index (Phi) is 9.06. The second-order valence-electron chi connectivity index (χ2n) is 10.6. The van der Waals surface area contributed by atoms with Crippen molar-refractivity contribution in [1.82, 2.24) is 10.2 Å². The summed E-state index contributed by atoms with van der Waals surface area (Å²) in [5.41, 5.74) is 6.10. The van der Waals surface area contributed by atoms with Crippen LogP contribution in [0, 0.1) is 0 Å². The topological polar surface area (TPSA) is 91.3 Å². The molecule has 2 fully saturated rings. The first-order valence-electron chi connectivity index (χ1n) is 13.8. The van der Waals surface area contributed by atoms with E-state index in [0.29, 0.717) is 6.54 Å². The van der Waals surface area contributed by atoms with Crippen LogP contribution in [0.1, 0.15) is 60.8 Å². The second-order valence-corrected chi connectivity index (χ2v) is 10.6. The molecule has 206 valence electrons. The first-order chi connectivity index (χ1) is 19.0. The van der Waals surface area contributed by atoms with Gasteiger partial charge in [-0.15, -0.1) is 0 Å². The molecule has 3 N–H and O–H groups in total. The number of benzene rings is 3. The predicted molar refractivity (Wildman–Crippen MR) is 150 cm³/mol.